The molecule has 0 unspecified atom stereocenters. The Balaban J connectivity index is 1.53. The van der Waals surface area contributed by atoms with Gasteiger partial charge in [-0.1, -0.05) is 0 Å². The van der Waals surface area contributed by atoms with Gasteiger partial charge in [-0.15, -0.1) is 5.10 Å². The first-order valence-corrected chi connectivity index (χ1v) is 10.4. The Bertz CT molecular complexity index is 1270. The summed E-state index contributed by atoms with van der Waals surface area (Å²) in [6.07, 6.45) is 3.39. The highest BCUT2D eigenvalue weighted by Crippen LogP contribution is 2.31. The highest BCUT2D eigenvalue weighted by molar-refractivity contribution is 5.94. The predicted molar refractivity (Wildman–Crippen MR) is 120 cm³/mol. The van der Waals surface area contributed by atoms with Crippen LogP contribution in [0.2, 0.25) is 0 Å². The molecule has 4 heterocycles. The van der Waals surface area contributed by atoms with E-state index in [1.165, 1.54) is 6.20 Å². The molecule has 0 amide bonds. The standard InChI is InChI=1S/C22H25FN8/c1-12-5-20(29-31-11-15(4)26-22(12)31)27-19-8-24-28-18-7-16(6-17(23)21(18)19)30-9-13(2)25-14(3)10-30/h5-8,11,13-14,25H,9-10H2,1-4H3,(H,27,28,29)/t13-,14-/m0/s1. The van der Waals surface area contributed by atoms with Crippen LogP contribution >= 0.6 is 0 Å². The smallest absolute Gasteiger partial charge is 0.156 e. The average molecular weight is 420 g/mol. The first-order chi connectivity index (χ1) is 14.9. The van der Waals surface area contributed by atoms with Crippen molar-refractivity contribution < 1.29 is 4.39 Å². The Morgan fingerprint density at radius 2 is 1.90 bits per heavy atom. The molecule has 0 spiro atoms. The second-order valence-electron chi connectivity index (χ2n) is 8.44. The molecule has 0 radical (unpaired) electrons. The van der Waals surface area contributed by atoms with Crippen LogP contribution in [0.1, 0.15) is 25.1 Å². The van der Waals surface area contributed by atoms with Gasteiger partial charge in [0.05, 0.1) is 29.2 Å². The molecule has 0 bridgehead atoms. The normalized spacial score (nSPS) is 19.3. The molecule has 2 N–H and O–H groups in total. The summed E-state index contributed by atoms with van der Waals surface area (Å²) in [5, 5.41) is 20.0. The van der Waals surface area contributed by atoms with Crippen LogP contribution in [0.3, 0.4) is 0 Å². The second-order valence-corrected chi connectivity index (χ2v) is 8.44. The van der Waals surface area contributed by atoms with Crippen LogP contribution in [-0.2, 0) is 0 Å². The number of imidazole rings is 1. The number of nitrogens with zero attached hydrogens (tertiary/aromatic N) is 6. The minimum atomic E-state index is -0.333. The van der Waals surface area contributed by atoms with Gasteiger partial charge in [0.2, 0.25) is 0 Å². The second kappa shape index (κ2) is 7.42. The van der Waals surface area contributed by atoms with Gasteiger partial charge in [0.1, 0.15) is 11.3 Å². The molecule has 9 heteroatoms. The number of hydrogen-bond acceptors (Lipinski definition) is 7. The summed E-state index contributed by atoms with van der Waals surface area (Å²) < 4.78 is 17.0. The summed E-state index contributed by atoms with van der Waals surface area (Å²) in [5.41, 5.74) is 4.52. The van der Waals surface area contributed by atoms with Crippen molar-refractivity contribution in [2.45, 2.75) is 39.8 Å². The molecule has 0 aliphatic carbocycles. The number of benzene rings is 1. The van der Waals surface area contributed by atoms with E-state index in [2.05, 4.69) is 49.7 Å². The Morgan fingerprint density at radius 3 is 2.68 bits per heavy atom. The number of rotatable bonds is 3. The van der Waals surface area contributed by atoms with E-state index in [1.807, 2.05) is 32.2 Å². The van der Waals surface area contributed by atoms with Gasteiger partial charge in [-0.25, -0.2) is 13.9 Å². The van der Waals surface area contributed by atoms with Crippen LogP contribution in [0.25, 0.3) is 16.6 Å². The van der Waals surface area contributed by atoms with Gasteiger partial charge in [-0.3, -0.25) is 0 Å². The number of nitrogens with one attached hydrogen (secondary N) is 2. The van der Waals surface area contributed by atoms with Crippen molar-refractivity contribution in [2.24, 2.45) is 0 Å². The van der Waals surface area contributed by atoms with E-state index in [1.54, 1.807) is 10.6 Å². The van der Waals surface area contributed by atoms with E-state index in [4.69, 9.17) is 0 Å². The van der Waals surface area contributed by atoms with Crippen LogP contribution in [-0.4, -0.2) is 50.0 Å². The maximum atomic E-state index is 15.3. The van der Waals surface area contributed by atoms with E-state index >= 15 is 4.39 Å². The number of piperazine rings is 1. The minimum Gasteiger partial charge on any atom is -0.368 e. The Kier molecular flexibility index (Phi) is 4.70. The fourth-order valence-corrected chi connectivity index (χ4v) is 4.40. The van der Waals surface area contributed by atoms with Gasteiger partial charge in [0.15, 0.2) is 11.5 Å². The topological polar surface area (TPSA) is 83.3 Å². The number of halogens is 1. The first-order valence-electron chi connectivity index (χ1n) is 10.4. The summed E-state index contributed by atoms with van der Waals surface area (Å²) >= 11 is 0. The number of aromatic nitrogens is 5. The van der Waals surface area contributed by atoms with E-state index in [-0.39, 0.29) is 5.82 Å². The maximum absolute atomic E-state index is 15.3. The molecule has 1 aromatic carbocycles. The van der Waals surface area contributed by atoms with E-state index in [0.29, 0.717) is 34.5 Å². The summed E-state index contributed by atoms with van der Waals surface area (Å²) in [6, 6.07) is 6.04. The average Bonchev–Trinajstić information content (AvgIpc) is 3.08. The lowest BCUT2D eigenvalue weighted by atomic mass is 10.1. The summed E-state index contributed by atoms with van der Waals surface area (Å²) in [7, 11) is 0. The lowest BCUT2D eigenvalue weighted by molar-refractivity contribution is 0.407. The molecule has 2 atom stereocenters. The van der Waals surface area contributed by atoms with Crippen molar-refractivity contribution in [3.8, 4) is 0 Å². The van der Waals surface area contributed by atoms with Gasteiger partial charge in [-0.2, -0.15) is 10.2 Å². The zero-order valence-corrected chi connectivity index (χ0v) is 18.0. The lowest BCUT2D eigenvalue weighted by Crippen LogP contribution is -2.54. The summed E-state index contributed by atoms with van der Waals surface area (Å²) in [5.74, 6) is 0.255. The summed E-state index contributed by atoms with van der Waals surface area (Å²) in [6.45, 7) is 9.79. The van der Waals surface area contributed by atoms with E-state index in [9.17, 15) is 0 Å². The van der Waals surface area contributed by atoms with Crippen molar-refractivity contribution in [1.29, 1.82) is 0 Å². The van der Waals surface area contributed by atoms with Crippen molar-refractivity contribution in [2.75, 3.05) is 23.3 Å². The van der Waals surface area contributed by atoms with E-state index in [0.717, 1.165) is 35.7 Å². The third-order valence-corrected chi connectivity index (χ3v) is 5.59. The van der Waals surface area contributed by atoms with Gasteiger partial charge >= 0.3 is 0 Å². The van der Waals surface area contributed by atoms with Crippen molar-refractivity contribution >= 4 is 33.7 Å². The zero-order chi connectivity index (χ0) is 21.7. The van der Waals surface area contributed by atoms with Crippen LogP contribution in [0.5, 0.6) is 0 Å². The number of anilines is 3. The monoisotopic (exact) mass is 420 g/mol. The Hall–Kier alpha value is -3.33. The summed E-state index contributed by atoms with van der Waals surface area (Å²) in [4.78, 5) is 6.66. The number of aryl methyl sites for hydroxylation is 2. The molecule has 1 saturated heterocycles. The highest BCUT2D eigenvalue weighted by atomic mass is 19.1. The van der Waals surface area contributed by atoms with Gasteiger partial charge in [0.25, 0.3) is 0 Å². The number of fused-ring (bicyclic) bond motifs is 2. The highest BCUT2D eigenvalue weighted by Gasteiger charge is 2.23. The molecule has 160 valence electrons. The molecule has 8 nitrogen and oxygen atoms in total. The van der Waals surface area contributed by atoms with Crippen molar-refractivity contribution in [1.82, 2.24) is 30.1 Å². The van der Waals surface area contributed by atoms with Gasteiger partial charge in [-0.05, 0) is 51.5 Å². The molecule has 3 aromatic heterocycles. The fraction of sp³-hybridized carbons (Fsp3) is 0.364. The fourth-order valence-electron chi connectivity index (χ4n) is 4.40. The van der Waals surface area contributed by atoms with E-state index < -0.39 is 0 Å². The quantitative estimate of drug-likeness (QED) is 0.526. The molecular formula is C22H25FN8. The van der Waals surface area contributed by atoms with Crippen molar-refractivity contribution in [3.05, 3.63) is 47.7 Å². The molecule has 0 saturated carbocycles. The van der Waals surface area contributed by atoms with Crippen molar-refractivity contribution in [3.63, 3.8) is 0 Å². The Labute approximate surface area is 179 Å². The van der Waals surface area contributed by atoms with Crippen LogP contribution < -0.4 is 15.5 Å². The van der Waals surface area contributed by atoms with Crippen LogP contribution in [0, 0.1) is 19.7 Å². The Morgan fingerprint density at radius 1 is 1.13 bits per heavy atom. The molecular weight excluding hydrogens is 395 g/mol. The molecule has 1 fully saturated rings. The molecule has 1 aliphatic rings. The van der Waals surface area contributed by atoms with Gasteiger partial charge < -0.3 is 15.5 Å². The third kappa shape index (κ3) is 3.65. The van der Waals surface area contributed by atoms with Crippen LogP contribution in [0.15, 0.2) is 30.6 Å². The number of hydrogen-bond donors (Lipinski definition) is 2. The molecule has 1 aliphatic heterocycles. The van der Waals surface area contributed by atoms with Gasteiger partial charge in [0, 0.05) is 30.9 Å². The molecule has 5 rings (SSSR count). The minimum absolute atomic E-state index is 0.331. The molecule has 4 aromatic rings. The zero-order valence-electron chi connectivity index (χ0n) is 18.0. The predicted octanol–water partition coefficient (Wildman–Crippen LogP) is 3.36. The van der Waals surface area contributed by atoms with Crippen LogP contribution in [0.4, 0.5) is 21.6 Å². The first kappa shape index (κ1) is 19.6. The SMILES string of the molecule is Cc1cn2nc(Nc3cnnc4cc(N5C[C@H](C)N[C@@H](C)C5)cc(F)c34)cc(C)c2n1. The third-order valence-electron chi connectivity index (χ3n) is 5.59. The maximum Gasteiger partial charge on any atom is 0.156 e. The lowest BCUT2D eigenvalue weighted by Gasteiger charge is -2.37. The molecule has 31 heavy (non-hydrogen) atoms. The largest absolute Gasteiger partial charge is 0.368 e.